The minimum absolute atomic E-state index is 0.375. The van der Waals surface area contributed by atoms with Gasteiger partial charge in [-0.1, -0.05) is 26.0 Å². The predicted octanol–water partition coefficient (Wildman–Crippen LogP) is 4.87. The summed E-state index contributed by atoms with van der Waals surface area (Å²) in [6.45, 7) is 8.57. The van der Waals surface area contributed by atoms with E-state index in [2.05, 4.69) is 61.7 Å². The zero-order valence-electron chi connectivity index (χ0n) is 13.3. The average Bonchev–Trinajstić information content (AvgIpc) is 3.02. The van der Waals surface area contributed by atoms with E-state index < -0.39 is 0 Å². The van der Waals surface area contributed by atoms with Gasteiger partial charge in [-0.15, -0.1) is 11.3 Å². The van der Waals surface area contributed by atoms with Crippen LogP contribution in [0.25, 0.3) is 16.2 Å². The zero-order valence-corrected chi connectivity index (χ0v) is 14.2. The molecule has 0 fully saturated rings. The van der Waals surface area contributed by atoms with Crippen molar-refractivity contribution in [3.8, 4) is 17.3 Å². The molecule has 3 aromatic rings. The lowest BCUT2D eigenvalue weighted by Gasteiger charge is -2.08. The minimum atomic E-state index is 0.375. The highest BCUT2D eigenvalue weighted by Crippen LogP contribution is 2.32. The van der Waals surface area contributed by atoms with Gasteiger partial charge in [0.25, 0.3) is 0 Å². The molecule has 3 rings (SSSR count). The van der Waals surface area contributed by atoms with Crippen LogP contribution in [0.5, 0.6) is 0 Å². The van der Waals surface area contributed by atoms with Gasteiger partial charge in [-0.2, -0.15) is 5.26 Å². The fourth-order valence-electron chi connectivity index (χ4n) is 2.69. The van der Waals surface area contributed by atoms with Gasteiger partial charge in [0, 0.05) is 16.6 Å². The van der Waals surface area contributed by atoms with Gasteiger partial charge >= 0.3 is 0 Å². The van der Waals surface area contributed by atoms with E-state index in [0.29, 0.717) is 12.3 Å². The fraction of sp³-hybridized carbons (Fsp3) is 0.333. The quantitative estimate of drug-likeness (QED) is 0.692. The molecule has 0 atom stereocenters. The van der Waals surface area contributed by atoms with Gasteiger partial charge in [-0.3, -0.25) is 4.40 Å². The van der Waals surface area contributed by atoms with E-state index in [1.165, 1.54) is 16.8 Å². The van der Waals surface area contributed by atoms with Crippen LogP contribution in [0.4, 0.5) is 0 Å². The lowest BCUT2D eigenvalue weighted by Crippen LogP contribution is -1.99. The maximum absolute atomic E-state index is 9.25. The molecule has 0 unspecified atom stereocenters. The Hall–Kier alpha value is -2.12. The standard InChI is InChI=1S/C18H19N3S/c1-11(2)16-10-22-18-20-17(15(7-8-19)21(16)18)14-6-5-12(3)13(4)9-14/h5-6,9-11H,7H2,1-4H3. The zero-order chi connectivity index (χ0) is 15.9. The first-order valence-electron chi connectivity index (χ1n) is 7.46. The molecule has 2 aromatic heterocycles. The second-order valence-electron chi connectivity index (χ2n) is 5.97. The van der Waals surface area contributed by atoms with Crippen LogP contribution in [-0.4, -0.2) is 9.38 Å². The molecular weight excluding hydrogens is 290 g/mol. The number of benzene rings is 1. The second-order valence-corrected chi connectivity index (χ2v) is 6.81. The maximum Gasteiger partial charge on any atom is 0.194 e. The van der Waals surface area contributed by atoms with Crippen molar-refractivity contribution < 1.29 is 0 Å². The van der Waals surface area contributed by atoms with Crippen molar-refractivity contribution in [2.45, 2.75) is 40.0 Å². The number of hydrogen-bond acceptors (Lipinski definition) is 3. The maximum atomic E-state index is 9.25. The lowest BCUT2D eigenvalue weighted by molar-refractivity contribution is 0.799. The molecular formula is C18H19N3S. The first-order valence-corrected chi connectivity index (χ1v) is 8.34. The molecule has 0 saturated carbocycles. The number of aromatic nitrogens is 2. The number of rotatable bonds is 3. The van der Waals surface area contributed by atoms with E-state index in [1.807, 2.05) is 0 Å². The Labute approximate surface area is 134 Å². The van der Waals surface area contributed by atoms with Gasteiger partial charge in [-0.25, -0.2) is 4.98 Å². The van der Waals surface area contributed by atoms with Crippen LogP contribution in [0.15, 0.2) is 23.6 Å². The molecule has 0 spiro atoms. The molecule has 0 aliphatic heterocycles. The van der Waals surface area contributed by atoms with Crippen LogP contribution < -0.4 is 0 Å². The highest BCUT2D eigenvalue weighted by molar-refractivity contribution is 7.15. The lowest BCUT2D eigenvalue weighted by atomic mass is 10.0. The molecule has 0 aliphatic rings. The van der Waals surface area contributed by atoms with Crippen molar-refractivity contribution in [3.05, 3.63) is 46.1 Å². The van der Waals surface area contributed by atoms with Gasteiger partial charge in [0.05, 0.1) is 23.9 Å². The molecule has 2 heterocycles. The number of fused-ring (bicyclic) bond motifs is 1. The Morgan fingerprint density at radius 1 is 1.27 bits per heavy atom. The molecule has 22 heavy (non-hydrogen) atoms. The molecule has 0 radical (unpaired) electrons. The highest BCUT2D eigenvalue weighted by atomic mass is 32.1. The SMILES string of the molecule is Cc1ccc(-c2nc3scc(C(C)C)n3c2CC#N)cc1C. The van der Waals surface area contributed by atoms with E-state index in [1.54, 1.807) is 11.3 Å². The molecule has 0 saturated heterocycles. The van der Waals surface area contributed by atoms with Crippen LogP contribution in [-0.2, 0) is 6.42 Å². The van der Waals surface area contributed by atoms with Crippen molar-refractivity contribution in [1.82, 2.24) is 9.38 Å². The Morgan fingerprint density at radius 2 is 2.05 bits per heavy atom. The van der Waals surface area contributed by atoms with Crippen LogP contribution in [0.3, 0.4) is 0 Å². The number of aryl methyl sites for hydroxylation is 2. The van der Waals surface area contributed by atoms with Gasteiger partial charge in [0.2, 0.25) is 0 Å². The summed E-state index contributed by atoms with van der Waals surface area (Å²) in [5, 5.41) is 11.4. The van der Waals surface area contributed by atoms with Crippen LogP contribution in [0.2, 0.25) is 0 Å². The highest BCUT2D eigenvalue weighted by Gasteiger charge is 2.19. The normalized spacial score (nSPS) is 11.3. The third-order valence-corrected chi connectivity index (χ3v) is 4.95. The molecule has 112 valence electrons. The topological polar surface area (TPSA) is 41.1 Å². The predicted molar refractivity (Wildman–Crippen MR) is 91.4 cm³/mol. The first-order chi connectivity index (χ1) is 10.5. The number of nitriles is 1. The summed E-state index contributed by atoms with van der Waals surface area (Å²) >= 11 is 1.65. The van der Waals surface area contributed by atoms with Crippen molar-refractivity contribution in [3.63, 3.8) is 0 Å². The largest absolute Gasteiger partial charge is 0.290 e. The van der Waals surface area contributed by atoms with Gasteiger partial charge in [-0.05, 0) is 37.0 Å². The van der Waals surface area contributed by atoms with E-state index in [0.717, 1.165) is 21.9 Å². The van der Waals surface area contributed by atoms with Gasteiger partial charge in [0.15, 0.2) is 4.96 Å². The van der Waals surface area contributed by atoms with E-state index >= 15 is 0 Å². The third kappa shape index (κ3) is 2.32. The molecule has 1 aromatic carbocycles. The monoisotopic (exact) mass is 309 g/mol. The number of nitrogens with zero attached hydrogens (tertiary/aromatic N) is 3. The summed E-state index contributed by atoms with van der Waals surface area (Å²) < 4.78 is 2.17. The Kier molecular flexibility index (Phi) is 3.76. The summed E-state index contributed by atoms with van der Waals surface area (Å²) in [6, 6.07) is 8.69. The van der Waals surface area contributed by atoms with Crippen LogP contribution in [0.1, 0.15) is 42.3 Å². The van der Waals surface area contributed by atoms with E-state index in [9.17, 15) is 5.26 Å². The summed E-state index contributed by atoms with van der Waals surface area (Å²) in [7, 11) is 0. The summed E-state index contributed by atoms with van der Waals surface area (Å²) in [4.78, 5) is 5.78. The fourth-order valence-corrected chi connectivity index (χ4v) is 3.76. The minimum Gasteiger partial charge on any atom is -0.290 e. The second kappa shape index (κ2) is 5.58. The Bertz CT molecular complexity index is 878. The summed E-state index contributed by atoms with van der Waals surface area (Å²) in [5.74, 6) is 0.410. The molecule has 3 nitrogen and oxygen atoms in total. The number of imidazole rings is 1. The smallest absolute Gasteiger partial charge is 0.194 e. The van der Waals surface area contributed by atoms with E-state index in [-0.39, 0.29) is 0 Å². The molecule has 0 aliphatic carbocycles. The molecule has 0 amide bonds. The van der Waals surface area contributed by atoms with Gasteiger partial charge < -0.3 is 0 Å². The van der Waals surface area contributed by atoms with Crippen LogP contribution >= 0.6 is 11.3 Å². The number of hydrogen-bond donors (Lipinski definition) is 0. The van der Waals surface area contributed by atoms with Crippen molar-refractivity contribution in [2.24, 2.45) is 0 Å². The Balaban J connectivity index is 2.27. The average molecular weight is 309 g/mol. The van der Waals surface area contributed by atoms with Crippen molar-refractivity contribution >= 4 is 16.3 Å². The molecule has 4 heteroatoms. The van der Waals surface area contributed by atoms with Crippen LogP contribution in [0, 0.1) is 25.2 Å². The summed E-state index contributed by atoms with van der Waals surface area (Å²) in [6.07, 6.45) is 0.375. The Morgan fingerprint density at radius 3 is 2.68 bits per heavy atom. The first kappa shape index (κ1) is 14.8. The van der Waals surface area contributed by atoms with Crippen molar-refractivity contribution in [2.75, 3.05) is 0 Å². The van der Waals surface area contributed by atoms with E-state index in [4.69, 9.17) is 4.98 Å². The molecule has 0 N–H and O–H groups in total. The molecule has 0 bridgehead atoms. The number of thiazole rings is 1. The third-order valence-electron chi connectivity index (χ3n) is 4.10. The van der Waals surface area contributed by atoms with Gasteiger partial charge in [0.1, 0.15) is 0 Å². The van der Waals surface area contributed by atoms with Crippen molar-refractivity contribution in [1.29, 1.82) is 5.26 Å². The summed E-state index contributed by atoms with van der Waals surface area (Å²) in [5.41, 5.74) is 6.80.